The van der Waals surface area contributed by atoms with Crippen LogP contribution < -0.4 is 10.1 Å². The summed E-state index contributed by atoms with van der Waals surface area (Å²) in [5.41, 5.74) is 1.04. The van der Waals surface area contributed by atoms with E-state index in [2.05, 4.69) is 26.0 Å². The van der Waals surface area contributed by atoms with Gasteiger partial charge in [-0.25, -0.2) is 9.18 Å². The lowest BCUT2D eigenvalue weighted by Crippen LogP contribution is -2.42. The number of nitrogens with zero attached hydrogens (tertiary/aromatic N) is 1. The van der Waals surface area contributed by atoms with Crippen LogP contribution in [0.15, 0.2) is 51.8 Å². The van der Waals surface area contributed by atoms with Crippen LogP contribution in [0.4, 0.5) is 14.9 Å². The normalized spacial score (nSPS) is 15.5. The third kappa shape index (κ3) is 5.99. The predicted molar refractivity (Wildman–Crippen MR) is 124 cm³/mol. The van der Waals surface area contributed by atoms with Crippen LogP contribution in [0.2, 0.25) is 0 Å². The number of methoxy groups -OCH3 is 1. The van der Waals surface area contributed by atoms with E-state index in [9.17, 15) is 23.6 Å². The highest BCUT2D eigenvalue weighted by Gasteiger charge is 2.41. The number of carbonyl (C=O) groups excluding carboxylic acids is 4. The summed E-state index contributed by atoms with van der Waals surface area (Å²) in [6.07, 6.45) is 1.52. The van der Waals surface area contributed by atoms with Gasteiger partial charge in [0.05, 0.1) is 16.5 Å². The molecule has 0 spiro atoms. The second-order valence-electron chi connectivity index (χ2n) is 6.78. The minimum absolute atomic E-state index is 0.162. The molecule has 0 radical (unpaired) electrons. The fraction of sp³-hybridized carbons (Fsp3) is 0.182. The summed E-state index contributed by atoms with van der Waals surface area (Å²) >= 11 is 4.08. The standard InChI is InChI=1S/C22H18BrFN2O6S/c1-12(21(29)31-2)26-20(28)18(33-22(26)30)10-13-3-8-17(16(23)9-13)32-11-19(27)25-15-6-4-14(24)5-7-15/h3-10,12H,11H2,1-2H3,(H,25,27)/b18-10+/t12-/m0/s1. The van der Waals surface area contributed by atoms with Gasteiger partial charge in [0.25, 0.3) is 17.1 Å². The smallest absolute Gasteiger partial charge is 0.328 e. The Morgan fingerprint density at radius 3 is 2.55 bits per heavy atom. The Morgan fingerprint density at radius 1 is 1.21 bits per heavy atom. The Morgan fingerprint density at radius 2 is 1.91 bits per heavy atom. The first-order valence-corrected chi connectivity index (χ1v) is 11.1. The minimum atomic E-state index is -1.03. The second-order valence-corrected chi connectivity index (χ2v) is 8.63. The SMILES string of the molecule is COC(=O)[C@H](C)N1C(=O)S/C(=C/c2ccc(OCC(=O)Nc3ccc(F)cc3)c(Br)c2)C1=O. The van der Waals surface area contributed by atoms with Crippen LogP contribution >= 0.6 is 27.7 Å². The maximum absolute atomic E-state index is 12.9. The quantitative estimate of drug-likeness (QED) is 0.417. The molecule has 3 amide bonds. The molecule has 0 unspecified atom stereocenters. The molecule has 2 aromatic rings. The number of hydrogen-bond acceptors (Lipinski definition) is 7. The Bertz CT molecular complexity index is 1140. The molecule has 0 bridgehead atoms. The van der Waals surface area contributed by atoms with Crippen molar-refractivity contribution in [3.05, 3.63) is 63.2 Å². The average Bonchev–Trinajstić information content (AvgIpc) is 3.06. The molecule has 11 heteroatoms. The third-order valence-corrected chi connectivity index (χ3v) is 6.00. The number of rotatable bonds is 7. The zero-order chi connectivity index (χ0) is 24.1. The molecule has 0 aliphatic carbocycles. The van der Waals surface area contributed by atoms with Crippen molar-refractivity contribution in [1.29, 1.82) is 0 Å². The first-order chi connectivity index (χ1) is 15.7. The van der Waals surface area contributed by atoms with Gasteiger partial charge in [-0.1, -0.05) is 6.07 Å². The molecule has 8 nitrogen and oxygen atoms in total. The van der Waals surface area contributed by atoms with Gasteiger partial charge in [0.2, 0.25) is 0 Å². The fourth-order valence-electron chi connectivity index (χ4n) is 2.84. The summed E-state index contributed by atoms with van der Waals surface area (Å²) in [6.45, 7) is 1.14. The van der Waals surface area contributed by atoms with Crippen molar-refractivity contribution in [3.8, 4) is 5.75 Å². The van der Waals surface area contributed by atoms with Gasteiger partial charge in [0.1, 0.15) is 17.6 Å². The van der Waals surface area contributed by atoms with E-state index < -0.39 is 34.9 Å². The van der Waals surface area contributed by atoms with Crippen molar-refractivity contribution >= 4 is 62.5 Å². The summed E-state index contributed by atoms with van der Waals surface area (Å²) in [5, 5.41) is 2.03. The van der Waals surface area contributed by atoms with Crippen LogP contribution in [-0.2, 0) is 19.1 Å². The number of amides is 3. The minimum Gasteiger partial charge on any atom is -0.483 e. The molecule has 1 aliphatic rings. The van der Waals surface area contributed by atoms with Crippen molar-refractivity contribution < 1.29 is 33.0 Å². The Kier molecular flexibility index (Phi) is 7.88. The number of anilines is 1. The molecule has 1 atom stereocenters. The number of ether oxygens (including phenoxy) is 2. The molecule has 2 aromatic carbocycles. The van der Waals surface area contributed by atoms with Gasteiger partial charge in [-0.2, -0.15) is 0 Å². The van der Waals surface area contributed by atoms with Gasteiger partial charge in [-0.05, 0) is 82.7 Å². The zero-order valence-corrected chi connectivity index (χ0v) is 19.9. The van der Waals surface area contributed by atoms with E-state index in [1.54, 1.807) is 18.2 Å². The molecule has 1 heterocycles. The largest absolute Gasteiger partial charge is 0.483 e. The summed E-state index contributed by atoms with van der Waals surface area (Å²) in [5.74, 6) is -1.72. The van der Waals surface area contributed by atoms with E-state index in [4.69, 9.17) is 4.74 Å². The number of hydrogen-bond donors (Lipinski definition) is 1. The van der Waals surface area contributed by atoms with Crippen molar-refractivity contribution in [2.75, 3.05) is 19.0 Å². The Hall–Kier alpha value is -3.18. The number of halogens is 2. The van der Waals surface area contributed by atoms with Crippen LogP contribution in [0.5, 0.6) is 5.75 Å². The monoisotopic (exact) mass is 536 g/mol. The molecule has 0 saturated carbocycles. The van der Waals surface area contributed by atoms with Crippen LogP contribution in [0.3, 0.4) is 0 Å². The van der Waals surface area contributed by atoms with E-state index >= 15 is 0 Å². The molecular formula is C22H18BrFN2O6S. The van der Waals surface area contributed by atoms with Gasteiger partial charge >= 0.3 is 5.97 Å². The van der Waals surface area contributed by atoms with Gasteiger partial charge < -0.3 is 14.8 Å². The van der Waals surface area contributed by atoms with E-state index in [0.717, 1.165) is 16.7 Å². The van der Waals surface area contributed by atoms with Crippen LogP contribution in [-0.4, -0.2) is 47.7 Å². The van der Waals surface area contributed by atoms with Gasteiger partial charge in [-0.15, -0.1) is 0 Å². The van der Waals surface area contributed by atoms with Crippen molar-refractivity contribution in [2.45, 2.75) is 13.0 Å². The van der Waals surface area contributed by atoms with Crippen LogP contribution in [0.25, 0.3) is 6.08 Å². The highest BCUT2D eigenvalue weighted by atomic mass is 79.9. The molecule has 1 aliphatic heterocycles. The summed E-state index contributed by atoms with van der Waals surface area (Å²) < 4.78 is 23.6. The molecular weight excluding hydrogens is 519 g/mol. The highest BCUT2D eigenvalue weighted by molar-refractivity contribution is 9.10. The number of thioether (sulfide) groups is 1. The molecule has 1 N–H and O–H groups in total. The second kappa shape index (κ2) is 10.6. The highest BCUT2D eigenvalue weighted by Crippen LogP contribution is 2.35. The lowest BCUT2D eigenvalue weighted by Gasteiger charge is -2.18. The van der Waals surface area contributed by atoms with E-state index in [0.29, 0.717) is 21.5 Å². The Labute approximate surface area is 201 Å². The van der Waals surface area contributed by atoms with Crippen molar-refractivity contribution in [2.24, 2.45) is 0 Å². The maximum Gasteiger partial charge on any atom is 0.328 e. The molecule has 3 rings (SSSR count). The van der Waals surface area contributed by atoms with Crippen molar-refractivity contribution in [1.82, 2.24) is 4.90 Å². The number of esters is 1. The Balaban J connectivity index is 1.64. The van der Waals surface area contributed by atoms with E-state index in [-0.39, 0.29) is 11.5 Å². The van der Waals surface area contributed by atoms with Crippen molar-refractivity contribution in [3.63, 3.8) is 0 Å². The predicted octanol–water partition coefficient (Wildman–Crippen LogP) is 4.20. The fourth-order valence-corrected chi connectivity index (χ4v) is 4.26. The molecule has 1 fully saturated rings. The molecule has 0 aromatic heterocycles. The van der Waals surface area contributed by atoms with Gasteiger partial charge in [0.15, 0.2) is 6.61 Å². The molecule has 1 saturated heterocycles. The summed E-state index contributed by atoms with van der Waals surface area (Å²) in [6, 6.07) is 9.21. The van der Waals surface area contributed by atoms with Crippen LogP contribution in [0.1, 0.15) is 12.5 Å². The lowest BCUT2D eigenvalue weighted by molar-refractivity contribution is -0.148. The number of carbonyl (C=O) groups is 4. The first kappa shape index (κ1) is 24.5. The molecule has 33 heavy (non-hydrogen) atoms. The third-order valence-electron chi connectivity index (χ3n) is 4.49. The van der Waals surface area contributed by atoms with E-state index in [1.165, 1.54) is 44.4 Å². The first-order valence-electron chi connectivity index (χ1n) is 9.52. The summed E-state index contributed by atoms with van der Waals surface area (Å²) in [4.78, 5) is 49.5. The number of benzene rings is 2. The zero-order valence-electron chi connectivity index (χ0n) is 17.5. The maximum atomic E-state index is 12.9. The summed E-state index contributed by atoms with van der Waals surface area (Å²) in [7, 11) is 1.18. The van der Waals surface area contributed by atoms with Gasteiger partial charge in [0, 0.05) is 5.69 Å². The van der Waals surface area contributed by atoms with Crippen LogP contribution in [0, 0.1) is 5.82 Å². The van der Waals surface area contributed by atoms with E-state index in [1.807, 2.05) is 0 Å². The average molecular weight is 537 g/mol. The lowest BCUT2D eigenvalue weighted by atomic mass is 10.2. The van der Waals surface area contributed by atoms with Gasteiger partial charge in [-0.3, -0.25) is 19.3 Å². The topological polar surface area (TPSA) is 102 Å². The molecule has 172 valence electrons. The number of imide groups is 1. The number of nitrogens with one attached hydrogen (secondary N) is 1.